The van der Waals surface area contributed by atoms with Crippen molar-refractivity contribution in [3.05, 3.63) is 11.3 Å². The predicted octanol–water partition coefficient (Wildman–Crippen LogP) is 2.01. The highest BCUT2D eigenvalue weighted by Gasteiger charge is 2.16. The molecule has 0 spiro atoms. The van der Waals surface area contributed by atoms with Gasteiger partial charge in [0.25, 0.3) is 0 Å². The van der Waals surface area contributed by atoms with E-state index in [1.165, 1.54) is 6.92 Å². The lowest BCUT2D eigenvalue weighted by Crippen LogP contribution is -2.12. The van der Waals surface area contributed by atoms with E-state index in [2.05, 4.69) is 9.99 Å². The molecular weight excluding hydrogens is 182 g/mol. The lowest BCUT2D eigenvalue weighted by Gasteiger charge is -2.17. The molecule has 0 aliphatic heterocycles. The van der Waals surface area contributed by atoms with Crippen LogP contribution in [0.5, 0.6) is 0 Å². The molecular formula is C10H15NO3. The van der Waals surface area contributed by atoms with Crippen LogP contribution in [-0.4, -0.2) is 18.8 Å². The van der Waals surface area contributed by atoms with Crippen LogP contribution >= 0.6 is 0 Å². The molecule has 14 heavy (non-hydrogen) atoms. The Bertz CT molecular complexity index is 292. The predicted molar refractivity (Wildman–Crippen MR) is 52.8 cm³/mol. The normalized spacial score (nSPS) is 19.8. The molecule has 78 valence electrons. The summed E-state index contributed by atoms with van der Waals surface area (Å²) < 4.78 is 5.20. The van der Waals surface area contributed by atoms with Crippen molar-refractivity contribution in [1.29, 1.82) is 0 Å². The van der Waals surface area contributed by atoms with Gasteiger partial charge in [0, 0.05) is 18.9 Å². The average molecular weight is 197 g/mol. The lowest BCUT2D eigenvalue weighted by atomic mass is 9.97. The van der Waals surface area contributed by atoms with Crippen molar-refractivity contribution >= 4 is 11.7 Å². The van der Waals surface area contributed by atoms with E-state index in [4.69, 9.17) is 4.74 Å². The Balaban J connectivity index is 2.79. The van der Waals surface area contributed by atoms with Gasteiger partial charge < -0.3 is 9.57 Å². The molecule has 0 heterocycles. The third-order valence-electron chi connectivity index (χ3n) is 2.20. The van der Waals surface area contributed by atoms with Crippen molar-refractivity contribution in [1.82, 2.24) is 0 Å². The van der Waals surface area contributed by atoms with Gasteiger partial charge in [-0.1, -0.05) is 5.16 Å². The SMILES string of the molecule is COC1=C(C)/C(=N\OC(C)=O)CCC1. The Kier molecular flexibility index (Phi) is 3.68. The number of ether oxygens (including phenoxy) is 1. The van der Waals surface area contributed by atoms with Crippen molar-refractivity contribution < 1.29 is 14.4 Å². The second-order valence-corrected chi connectivity index (χ2v) is 3.23. The van der Waals surface area contributed by atoms with Crippen molar-refractivity contribution in [2.24, 2.45) is 5.16 Å². The van der Waals surface area contributed by atoms with Crippen LogP contribution in [0.2, 0.25) is 0 Å². The average Bonchev–Trinajstić information content (AvgIpc) is 2.16. The molecule has 4 nitrogen and oxygen atoms in total. The number of nitrogens with zero attached hydrogens (tertiary/aromatic N) is 1. The van der Waals surface area contributed by atoms with Crippen molar-refractivity contribution in [2.75, 3.05) is 7.11 Å². The number of carbonyl (C=O) groups excluding carboxylic acids is 1. The molecule has 0 aromatic rings. The Morgan fingerprint density at radius 2 is 2.14 bits per heavy atom. The number of carbonyl (C=O) groups is 1. The molecule has 0 unspecified atom stereocenters. The van der Waals surface area contributed by atoms with Crippen LogP contribution in [0.25, 0.3) is 0 Å². The first kappa shape index (κ1) is 10.8. The van der Waals surface area contributed by atoms with Crippen LogP contribution in [0.15, 0.2) is 16.5 Å². The Morgan fingerprint density at radius 1 is 1.43 bits per heavy atom. The smallest absolute Gasteiger partial charge is 0.331 e. The summed E-state index contributed by atoms with van der Waals surface area (Å²) in [7, 11) is 1.65. The highest BCUT2D eigenvalue weighted by molar-refractivity contribution is 6.00. The number of rotatable bonds is 2. The monoisotopic (exact) mass is 197 g/mol. The van der Waals surface area contributed by atoms with Gasteiger partial charge >= 0.3 is 5.97 Å². The molecule has 0 atom stereocenters. The zero-order valence-electron chi connectivity index (χ0n) is 8.79. The third-order valence-corrected chi connectivity index (χ3v) is 2.20. The summed E-state index contributed by atoms with van der Waals surface area (Å²) in [5.74, 6) is 0.539. The van der Waals surface area contributed by atoms with Crippen LogP contribution in [0.4, 0.5) is 0 Å². The maximum Gasteiger partial charge on any atom is 0.331 e. The molecule has 0 saturated heterocycles. The minimum atomic E-state index is -0.394. The van der Waals surface area contributed by atoms with E-state index in [-0.39, 0.29) is 0 Å². The van der Waals surface area contributed by atoms with Gasteiger partial charge in [0.05, 0.1) is 12.8 Å². The maximum atomic E-state index is 10.6. The quantitative estimate of drug-likeness (QED) is 0.502. The summed E-state index contributed by atoms with van der Waals surface area (Å²) in [6, 6.07) is 0. The molecule has 0 amide bonds. The van der Waals surface area contributed by atoms with Gasteiger partial charge in [0.15, 0.2) is 0 Å². The third kappa shape index (κ3) is 2.58. The molecule has 0 radical (unpaired) electrons. The summed E-state index contributed by atoms with van der Waals surface area (Å²) in [6.45, 7) is 3.27. The molecule has 0 aromatic heterocycles. The lowest BCUT2D eigenvalue weighted by molar-refractivity contribution is -0.140. The number of hydrogen-bond donors (Lipinski definition) is 0. The van der Waals surface area contributed by atoms with Crippen LogP contribution in [0.1, 0.15) is 33.1 Å². The first-order valence-electron chi connectivity index (χ1n) is 4.63. The Hall–Kier alpha value is -1.32. The van der Waals surface area contributed by atoms with Gasteiger partial charge in [-0.25, -0.2) is 4.79 Å². The first-order chi connectivity index (χ1) is 6.65. The van der Waals surface area contributed by atoms with Crippen LogP contribution in [-0.2, 0) is 14.4 Å². The Labute approximate surface area is 83.6 Å². The molecule has 0 N–H and O–H groups in total. The van der Waals surface area contributed by atoms with Gasteiger partial charge in [-0.15, -0.1) is 0 Å². The molecule has 1 aliphatic carbocycles. The highest BCUT2D eigenvalue weighted by atomic mass is 16.7. The van der Waals surface area contributed by atoms with Crippen LogP contribution in [0.3, 0.4) is 0 Å². The van der Waals surface area contributed by atoms with E-state index >= 15 is 0 Å². The fourth-order valence-electron chi connectivity index (χ4n) is 1.44. The first-order valence-corrected chi connectivity index (χ1v) is 4.63. The standard InChI is InChI=1S/C10H15NO3/c1-7-9(11-14-8(2)12)5-4-6-10(7)13-3/h4-6H2,1-3H3/b11-9-. The molecule has 1 rings (SSSR count). The van der Waals surface area contributed by atoms with Crippen molar-refractivity contribution in [2.45, 2.75) is 33.1 Å². The fourth-order valence-corrected chi connectivity index (χ4v) is 1.44. The minimum absolute atomic E-state index is 0.394. The van der Waals surface area contributed by atoms with E-state index in [9.17, 15) is 4.79 Å². The molecule has 0 bridgehead atoms. The minimum Gasteiger partial charge on any atom is -0.501 e. The van der Waals surface area contributed by atoms with Gasteiger partial charge in [-0.2, -0.15) is 0 Å². The molecule has 1 aliphatic rings. The summed E-state index contributed by atoms with van der Waals surface area (Å²) in [5.41, 5.74) is 1.79. The van der Waals surface area contributed by atoms with E-state index in [0.717, 1.165) is 36.3 Å². The highest BCUT2D eigenvalue weighted by Crippen LogP contribution is 2.22. The zero-order valence-corrected chi connectivity index (χ0v) is 8.79. The maximum absolute atomic E-state index is 10.6. The van der Waals surface area contributed by atoms with Gasteiger partial charge in [0.1, 0.15) is 5.76 Å². The van der Waals surface area contributed by atoms with Crippen LogP contribution in [0, 0.1) is 0 Å². The van der Waals surface area contributed by atoms with Crippen molar-refractivity contribution in [3.63, 3.8) is 0 Å². The van der Waals surface area contributed by atoms with Gasteiger partial charge in [-0.3, -0.25) is 0 Å². The van der Waals surface area contributed by atoms with E-state index in [1.54, 1.807) is 7.11 Å². The molecule has 0 saturated carbocycles. The number of oxime groups is 1. The number of allylic oxidation sites excluding steroid dienone is 2. The van der Waals surface area contributed by atoms with Gasteiger partial charge in [0.2, 0.25) is 0 Å². The number of hydrogen-bond acceptors (Lipinski definition) is 4. The second kappa shape index (κ2) is 4.79. The van der Waals surface area contributed by atoms with Crippen LogP contribution < -0.4 is 0 Å². The molecule has 4 heteroatoms. The Morgan fingerprint density at radius 3 is 2.71 bits per heavy atom. The summed E-state index contributed by atoms with van der Waals surface area (Å²) in [5, 5.41) is 3.79. The van der Waals surface area contributed by atoms with E-state index in [1.807, 2.05) is 6.92 Å². The van der Waals surface area contributed by atoms with E-state index in [0.29, 0.717) is 0 Å². The number of methoxy groups -OCH3 is 1. The van der Waals surface area contributed by atoms with Gasteiger partial charge in [-0.05, 0) is 19.8 Å². The van der Waals surface area contributed by atoms with Crippen molar-refractivity contribution in [3.8, 4) is 0 Å². The van der Waals surface area contributed by atoms with E-state index < -0.39 is 5.97 Å². The molecule has 0 fully saturated rings. The summed E-state index contributed by atoms with van der Waals surface area (Å²) in [6.07, 6.45) is 2.76. The summed E-state index contributed by atoms with van der Waals surface area (Å²) in [4.78, 5) is 15.2. The largest absolute Gasteiger partial charge is 0.501 e. The zero-order chi connectivity index (χ0) is 10.6. The molecule has 0 aromatic carbocycles. The topological polar surface area (TPSA) is 47.9 Å². The second-order valence-electron chi connectivity index (χ2n) is 3.23. The fraction of sp³-hybridized carbons (Fsp3) is 0.600. The summed E-state index contributed by atoms with van der Waals surface area (Å²) >= 11 is 0.